The molecule has 1 radical (unpaired) electrons. The van der Waals surface area contributed by atoms with Gasteiger partial charge < -0.3 is 0 Å². The normalized spacial score (nSPS) is 29.5. The molecule has 0 atom stereocenters. The van der Waals surface area contributed by atoms with Gasteiger partial charge in [0, 0.05) is 8.80 Å². The predicted molar refractivity (Wildman–Crippen MR) is 89.8 cm³/mol. The summed E-state index contributed by atoms with van der Waals surface area (Å²) >= 11 is 0. The average Bonchev–Trinajstić information content (AvgIpc) is 2.49. The summed E-state index contributed by atoms with van der Waals surface area (Å²) in [5.41, 5.74) is 2.98. The summed E-state index contributed by atoms with van der Waals surface area (Å²) in [4.78, 5) is 0. The van der Waals surface area contributed by atoms with Gasteiger partial charge in [-0.15, -0.1) is 0 Å². The van der Waals surface area contributed by atoms with Crippen LogP contribution in [0.5, 0.6) is 0 Å². The van der Waals surface area contributed by atoms with E-state index in [0.29, 0.717) is 0 Å². The van der Waals surface area contributed by atoms with Crippen molar-refractivity contribution < 1.29 is 0 Å². The van der Waals surface area contributed by atoms with Crippen LogP contribution < -0.4 is 0 Å². The van der Waals surface area contributed by atoms with E-state index < -0.39 is 0 Å². The maximum Gasteiger partial charge on any atom is 0.0446 e. The second kappa shape index (κ2) is 6.47. The Kier molecular flexibility index (Phi) is 4.65. The van der Waals surface area contributed by atoms with Gasteiger partial charge in [0.15, 0.2) is 0 Å². The molecule has 0 nitrogen and oxygen atoms in total. The Morgan fingerprint density at radius 3 is 1.95 bits per heavy atom. The highest BCUT2D eigenvalue weighted by molar-refractivity contribution is 6.57. The maximum atomic E-state index is 2.54. The van der Waals surface area contributed by atoms with E-state index in [9.17, 15) is 0 Å². The molecule has 1 aromatic rings. The number of benzene rings is 1. The highest BCUT2D eigenvalue weighted by Crippen LogP contribution is 2.43. The van der Waals surface area contributed by atoms with Gasteiger partial charge in [0.25, 0.3) is 0 Å². The molecule has 1 heteroatoms. The molecule has 1 saturated heterocycles. The van der Waals surface area contributed by atoms with Crippen LogP contribution in [0.4, 0.5) is 0 Å². The quantitative estimate of drug-likeness (QED) is 0.602. The highest BCUT2D eigenvalue weighted by atomic mass is 28.3. The molecule has 3 rings (SSSR count). The Balaban J connectivity index is 1.53. The smallest absolute Gasteiger partial charge is 0.0446 e. The van der Waals surface area contributed by atoms with Crippen LogP contribution in [-0.2, 0) is 0 Å². The van der Waals surface area contributed by atoms with Gasteiger partial charge in [-0.1, -0.05) is 61.3 Å². The molecule has 1 saturated carbocycles. The van der Waals surface area contributed by atoms with E-state index in [1.54, 1.807) is 30.5 Å². The van der Waals surface area contributed by atoms with Crippen LogP contribution in [0, 0.1) is 18.8 Å². The standard InChI is InChI=1S/C19H29Si/c1-15-3-5-16(6-4-15)17-7-9-18(10-8-17)19-11-13-20(2)14-12-19/h3-6,17-19H,7-14H2,1-2H3. The first-order valence-corrected chi connectivity index (χ1v) is 11.0. The number of aryl methyl sites for hydroxylation is 1. The lowest BCUT2D eigenvalue weighted by Crippen LogP contribution is -2.26. The second-order valence-corrected chi connectivity index (χ2v) is 10.2. The molecule has 0 N–H and O–H groups in total. The van der Waals surface area contributed by atoms with Gasteiger partial charge in [-0.05, 0) is 55.9 Å². The largest absolute Gasteiger partial charge is 0.0711 e. The third kappa shape index (κ3) is 3.36. The highest BCUT2D eigenvalue weighted by Gasteiger charge is 2.30. The summed E-state index contributed by atoms with van der Waals surface area (Å²) in [6, 6.07) is 12.5. The topological polar surface area (TPSA) is 0 Å². The van der Waals surface area contributed by atoms with Crippen molar-refractivity contribution in [2.24, 2.45) is 11.8 Å². The minimum atomic E-state index is 0.0795. The van der Waals surface area contributed by atoms with Crippen molar-refractivity contribution in [3.63, 3.8) is 0 Å². The first kappa shape index (κ1) is 14.4. The summed E-state index contributed by atoms with van der Waals surface area (Å²) in [7, 11) is 0.0795. The molecule has 109 valence electrons. The van der Waals surface area contributed by atoms with Crippen molar-refractivity contribution in [1.82, 2.24) is 0 Å². The number of hydrogen-bond acceptors (Lipinski definition) is 0. The Morgan fingerprint density at radius 2 is 1.35 bits per heavy atom. The SMILES string of the molecule is Cc1ccc(C2CCC(C3CC[Si](C)CC3)CC2)cc1. The lowest BCUT2D eigenvalue weighted by molar-refractivity contribution is 0.216. The van der Waals surface area contributed by atoms with E-state index >= 15 is 0 Å². The fourth-order valence-corrected chi connectivity index (χ4v) is 6.34. The van der Waals surface area contributed by atoms with Crippen LogP contribution in [0.15, 0.2) is 24.3 Å². The summed E-state index contributed by atoms with van der Waals surface area (Å²) in [5, 5.41) is 0. The predicted octanol–water partition coefficient (Wildman–Crippen LogP) is 5.80. The third-order valence-electron chi connectivity index (χ3n) is 5.87. The summed E-state index contributed by atoms with van der Waals surface area (Å²) in [6.45, 7) is 4.72. The van der Waals surface area contributed by atoms with Crippen LogP contribution in [0.3, 0.4) is 0 Å². The van der Waals surface area contributed by atoms with Crippen molar-refractivity contribution >= 4 is 8.80 Å². The fourth-order valence-electron chi connectivity index (χ4n) is 4.37. The van der Waals surface area contributed by atoms with E-state index in [1.165, 1.54) is 31.2 Å². The second-order valence-electron chi connectivity index (χ2n) is 7.32. The van der Waals surface area contributed by atoms with Crippen LogP contribution in [0.2, 0.25) is 18.6 Å². The molecule has 1 aromatic carbocycles. The van der Waals surface area contributed by atoms with Crippen LogP contribution >= 0.6 is 0 Å². The molecule has 0 unspecified atom stereocenters. The van der Waals surface area contributed by atoms with Crippen molar-refractivity contribution in [2.45, 2.75) is 70.0 Å². The zero-order valence-electron chi connectivity index (χ0n) is 13.2. The van der Waals surface area contributed by atoms with Crippen molar-refractivity contribution in [3.05, 3.63) is 35.4 Å². The summed E-state index contributed by atoms with van der Waals surface area (Å²) in [5.74, 6) is 3.00. The Morgan fingerprint density at radius 1 is 0.800 bits per heavy atom. The van der Waals surface area contributed by atoms with Crippen LogP contribution in [0.1, 0.15) is 55.6 Å². The molecule has 0 bridgehead atoms. The van der Waals surface area contributed by atoms with Gasteiger partial charge in [-0.2, -0.15) is 0 Å². The molecule has 0 amide bonds. The van der Waals surface area contributed by atoms with Gasteiger partial charge >= 0.3 is 0 Å². The molecular weight excluding hydrogens is 256 g/mol. The molecule has 1 aliphatic carbocycles. The zero-order valence-corrected chi connectivity index (χ0v) is 14.2. The van der Waals surface area contributed by atoms with E-state index in [1.807, 2.05) is 0 Å². The molecule has 2 aliphatic rings. The van der Waals surface area contributed by atoms with Crippen LogP contribution in [0.25, 0.3) is 0 Å². The third-order valence-corrected chi connectivity index (χ3v) is 8.16. The zero-order chi connectivity index (χ0) is 13.9. The average molecular weight is 286 g/mol. The summed E-state index contributed by atoms with van der Waals surface area (Å²) < 4.78 is 0. The van der Waals surface area contributed by atoms with Gasteiger partial charge in [0.05, 0.1) is 0 Å². The Hall–Kier alpha value is -0.563. The maximum absolute atomic E-state index is 2.54. The minimum absolute atomic E-state index is 0.0795. The molecule has 2 fully saturated rings. The molecular formula is C19H29Si. The van der Waals surface area contributed by atoms with Gasteiger partial charge in [0.2, 0.25) is 0 Å². The van der Waals surface area contributed by atoms with Gasteiger partial charge in [-0.25, -0.2) is 0 Å². The molecule has 1 heterocycles. The van der Waals surface area contributed by atoms with E-state index in [4.69, 9.17) is 0 Å². The van der Waals surface area contributed by atoms with Crippen molar-refractivity contribution in [3.8, 4) is 0 Å². The number of hydrogen-bond donors (Lipinski definition) is 0. The minimum Gasteiger partial charge on any atom is -0.0711 e. The van der Waals surface area contributed by atoms with Gasteiger partial charge in [-0.3, -0.25) is 0 Å². The van der Waals surface area contributed by atoms with Crippen molar-refractivity contribution in [2.75, 3.05) is 0 Å². The number of rotatable bonds is 2. The van der Waals surface area contributed by atoms with Crippen LogP contribution in [-0.4, -0.2) is 8.80 Å². The Bertz CT molecular complexity index is 406. The molecule has 0 aromatic heterocycles. The first-order chi connectivity index (χ1) is 9.72. The first-order valence-electron chi connectivity index (χ1n) is 8.60. The lowest BCUT2D eigenvalue weighted by atomic mass is 9.72. The van der Waals surface area contributed by atoms with E-state index in [-0.39, 0.29) is 8.80 Å². The van der Waals surface area contributed by atoms with E-state index in [0.717, 1.165) is 17.8 Å². The summed E-state index contributed by atoms with van der Waals surface area (Å²) in [6.07, 6.45) is 8.99. The van der Waals surface area contributed by atoms with E-state index in [2.05, 4.69) is 37.7 Å². The molecule has 0 spiro atoms. The molecule has 20 heavy (non-hydrogen) atoms. The Labute approximate surface area is 126 Å². The van der Waals surface area contributed by atoms with Crippen molar-refractivity contribution in [1.29, 1.82) is 0 Å². The fraction of sp³-hybridized carbons (Fsp3) is 0.684. The molecule has 1 aliphatic heterocycles. The lowest BCUT2D eigenvalue weighted by Gasteiger charge is -2.37. The monoisotopic (exact) mass is 285 g/mol. The van der Waals surface area contributed by atoms with Gasteiger partial charge in [0.1, 0.15) is 0 Å².